The molecular formula is C51H61N7O8S2. The van der Waals surface area contributed by atoms with Crippen molar-refractivity contribution in [3.8, 4) is 17.2 Å². The van der Waals surface area contributed by atoms with Crippen LogP contribution in [0.4, 0.5) is 17.1 Å². The number of aromatic nitrogens is 2. The SMILES string of the molecule is CSc1nc2[nH]ccc2cc1Oc1cc(N2CCC3(CC2)CC(N2CCC[C@@H]2c2ccccc2C(C)C)C3)ccc1C(=O)NS(=O)(=O)c1cc2c(c([N+](=O)[O-])c1)N[C@@H](C1CCC(C)(O)CC1)CO2. The number of aliphatic hydroxyl groups is 1. The number of rotatable bonds is 12. The normalized spacial score (nSPS) is 24.0. The van der Waals surface area contributed by atoms with Crippen LogP contribution in [0.3, 0.4) is 0 Å². The lowest BCUT2D eigenvalue weighted by Gasteiger charge is -2.56. The predicted octanol–water partition coefficient (Wildman–Crippen LogP) is 9.93. The van der Waals surface area contributed by atoms with Gasteiger partial charge in [0, 0.05) is 60.6 Å². The number of nitrogens with one attached hydrogen (secondary N) is 3. The number of thioether (sulfide) groups is 1. The van der Waals surface area contributed by atoms with E-state index in [4.69, 9.17) is 14.5 Å². The van der Waals surface area contributed by atoms with Crippen LogP contribution in [0, 0.1) is 21.4 Å². The van der Waals surface area contributed by atoms with Crippen molar-refractivity contribution < 1.29 is 32.7 Å². The molecule has 3 aliphatic heterocycles. The summed E-state index contributed by atoms with van der Waals surface area (Å²) in [5, 5.41) is 27.5. The number of piperidine rings is 1. The van der Waals surface area contributed by atoms with E-state index in [9.17, 15) is 28.4 Å². The maximum absolute atomic E-state index is 14.3. The second kappa shape index (κ2) is 18.2. The summed E-state index contributed by atoms with van der Waals surface area (Å²) in [6.45, 7) is 9.35. The standard InChI is InChI=1S/C51H61N7O8S2/c1-31(2)37-8-5-6-9-38(37)41-10-7-21-57(41)35-28-51(29-35)18-22-56(23-19-51)34-11-12-39(43(25-34)66-45-24-33-15-20-52-47(33)54-49(45)67-4)48(59)55-68(63,64)36-26-42(58(61)62)46-44(27-36)65-30-40(53-46)32-13-16-50(3,60)17-14-32/h5-6,8-9,11-12,15,20,24-27,31-32,35,40-41,53,60H,7,10,13-14,16-19,21-23,28-30H2,1-4H3,(H,52,54)(H,55,59)/t32?,40-,41-,50?/m1/s1. The molecule has 2 saturated heterocycles. The minimum absolute atomic E-state index is 0.00471. The van der Waals surface area contributed by atoms with Crippen LogP contribution in [0.25, 0.3) is 11.0 Å². The number of nitro benzene ring substituents is 1. The van der Waals surface area contributed by atoms with Gasteiger partial charge in [0.1, 0.15) is 23.0 Å². The molecule has 1 amide bonds. The second-order valence-electron chi connectivity index (χ2n) is 20.3. The fourth-order valence-electron chi connectivity index (χ4n) is 11.7. The van der Waals surface area contributed by atoms with Crippen LogP contribution in [0.5, 0.6) is 17.2 Å². The third-order valence-corrected chi connectivity index (χ3v) is 17.6. The molecule has 10 rings (SSSR count). The molecule has 4 N–H and O–H groups in total. The van der Waals surface area contributed by atoms with Crippen molar-refractivity contribution in [2.45, 2.75) is 125 Å². The number of aromatic amines is 1. The number of hydrogen-bond acceptors (Lipinski definition) is 13. The number of hydrogen-bond donors (Lipinski definition) is 4. The predicted molar refractivity (Wildman–Crippen MR) is 264 cm³/mol. The first kappa shape index (κ1) is 46.4. The number of carbonyl (C=O) groups is 1. The molecule has 17 heteroatoms. The van der Waals surface area contributed by atoms with Gasteiger partial charge >= 0.3 is 0 Å². The number of anilines is 2. The first-order valence-electron chi connectivity index (χ1n) is 24.0. The zero-order chi connectivity index (χ0) is 47.5. The van der Waals surface area contributed by atoms with E-state index in [0.717, 1.165) is 49.6 Å². The highest BCUT2D eigenvalue weighted by molar-refractivity contribution is 7.98. The van der Waals surface area contributed by atoms with Crippen molar-refractivity contribution in [1.29, 1.82) is 0 Å². The second-order valence-corrected chi connectivity index (χ2v) is 22.8. The van der Waals surface area contributed by atoms with E-state index in [0.29, 0.717) is 60.1 Å². The van der Waals surface area contributed by atoms with Gasteiger partial charge in [0.25, 0.3) is 21.6 Å². The van der Waals surface area contributed by atoms with E-state index in [2.05, 4.69) is 62.9 Å². The third-order valence-electron chi connectivity index (χ3n) is 15.6. The molecule has 2 aliphatic carbocycles. The number of ether oxygens (including phenoxy) is 2. The van der Waals surface area contributed by atoms with Crippen molar-refractivity contribution in [2.75, 3.05) is 42.7 Å². The molecule has 360 valence electrons. The van der Waals surface area contributed by atoms with Crippen LogP contribution in [0.1, 0.15) is 118 Å². The molecule has 2 atom stereocenters. The van der Waals surface area contributed by atoms with Crippen molar-refractivity contribution in [2.24, 2.45) is 11.3 Å². The van der Waals surface area contributed by atoms with Gasteiger partial charge in [-0.2, -0.15) is 0 Å². The zero-order valence-corrected chi connectivity index (χ0v) is 40.8. The molecule has 5 aliphatic rings. The van der Waals surface area contributed by atoms with Gasteiger partial charge in [-0.3, -0.25) is 19.8 Å². The Hall–Kier alpha value is -5.36. The smallest absolute Gasteiger partial charge is 0.297 e. The Kier molecular flexibility index (Phi) is 12.4. The summed E-state index contributed by atoms with van der Waals surface area (Å²) in [5.41, 5.74) is 3.59. The maximum Gasteiger partial charge on any atom is 0.297 e. The average Bonchev–Trinajstić information content (AvgIpc) is 3.99. The van der Waals surface area contributed by atoms with Crippen molar-refractivity contribution in [3.63, 3.8) is 0 Å². The van der Waals surface area contributed by atoms with E-state index in [1.54, 1.807) is 18.3 Å². The molecule has 2 saturated carbocycles. The highest BCUT2D eigenvalue weighted by Crippen LogP contribution is 2.54. The van der Waals surface area contributed by atoms with Crippen LogP contribution < -0.4 is 24.4 Å². The molecule has 15 nitrogen and oxygen atoms in total. The summed E-state index contributed by atoms with van der Waals surface area (Å²) in [7, 11) is -4.67. The number of sulfonamides is 1. The van der Waals surface area contributed by atoms with Gasteiger partial charge in [0.05, 0.1) is 27.0 Å². The molecule has 5 heterocycles. The first-order valence-corrected chi connectivity index (χ1v) is 26.7. The molecule has 1 spiro atoms. The van der Waals surface area contributed by atoms with E-state index in [1.165, 1.54) is 54.6 Å². The van der Waals surface area contributed by atoms with Gasteiger partial charge in [-0.15, -0.1) is 11.8 Å². The van der Waals surface area contributed by atoms with Crippen LogP contribution in [0.15, 0.2) is 82.8 Å². The molecule has 0 unspecified atom stereocenters. The molecule has 0 radical (unpaired) electrons. The highest BCUT2D eigenvalue weighted by Gasteiger charge is 2.50. The van der Waals surface area contributed by atoms with E-state index < -0.39 is 37.0 Å². The number of amides is 1. The van der Waals surface area contributed by atoms with Gasteiger partial charge < -0.3 is 29.8 Å². The van der Waals surface area contributed by atoms with E-state index in [1.807, 2.05) is 31.4 Å². The third kappa shape index (κ3) is 9.02. The van der Waals surface area contributed by atoms with Crippen LogP contribution in [0.2, 0.25) is 0 Å². The largest absolute Gasteiger partial charge is 0.489 e. The molecule has 0 bridgehead atoms. The lowest BCUT2D eigenvalue weighted by molar-refractivity contribution is -0.384. The number of nitro groups is 1. The van der Waals surface area contributed by atoms with Gasteiger partial charge in [0.2, 0.25) is 0 Å². The van der Waals surface area contributed by atoms with E-state index in [-0.39, 0.29) is 46.7 Å². The van der Waals surface area contributed by atoms with Crippen LogP contribution in [-0.4, -0.2) is 89.4 Å². The average molecular weight is 964 g/mol. The maximum atomic E-state index is 14.3. The highest BCUT2D eigenvalue weighted by atomic mass is 32.2. The van der Waals surface area contributed by atoms with Crippen LogP contribution in [-0.2, 0) is 10.0 Å². The quantitative estimate of drug-likeness (QED) is 0.0525. The molecule has 5 aromatic rings. The molecule has 4 fully saturated rings. The topological polar surface area (TPSA) is 192 Å². The minimum Gasteiger partial charge on any atom is -0.489 e. The van der Waals surface area contributed by atoms with Crippen molar-refractivity contribution >= 4 is 55.8 Å². The van der Waals surface area contributed by atoms with Gasteiger partial charge in [-0.1, -0.05) is 38.1 Å². The number of likely N-dealkylation sites (tertiary alicyclic amines) is 1. The number of pyridine rings is 1. The Morgan fingerprint density at radius 1 is 1.01 bits per heavy atom. The zero-order valence-electron chi connectivity index (χ0n) is 39.1. The van der Waals surface area contributed by atoms with Gasteiger partial charge in [-0.05, 0) is 137 Å². The Balaban J connectivity index is 0.875. The lowest BCUT2D eigenvalue weighted by Crippen LogP contribution is -2.54. The molecule has 68 heavy (non-hydrogen) atoms. The molecule has 3 aromatic carbocycles. The number of fused-ring (bicyclic) bond motifs is 2. The lowest BCUT2D eigenvalue weighted by atomic mass is 9.59. The Morgan fingerprint density at radius 3 is 2.51 bits per heavy atom. The monoisotopic (exact) mass is 963 g/mol. The Bertz CT molecular complexity index is 2840. The minimum atomic E-state index is -4.67. The fourth-order valence-corrected chi connectivity index (χ4v) is 13.2. The van der Waals surface area contributed by atoms with Crippen LogP contribution >= 0.6 is 11.8 Å². The summed E-state index contributed by atoms with van der Waals surface area (Å²) in [4.78, 5) is 38.5. The van der Waals surface area contributed by atoms with Gasteiger partial charge in [-0.25, -0.2) is 18.1 Å². The Morgan fingerprint density at radius 2 is 1.78 bits per heavy atom. The summed E-state index contributed by atoms with van der Waals surface area (Å²) < 4.78 is 42.9. The number of nitrogens with zero attached hydrogens (tertiary/aromatic N) is 4. The van der Waals surface area contributed by atoms with Crippen molar-refractivity contribution in [1.82, 2.24) is 19.6 Å². The number of benzene rings is 3. The van der Waals surface area contributed by atoms with Crippen molar-refractivity contribution in [3.05, 3.63) is 99.7 Å². The molecular weight excluding hydrogens is 903 g/mol. The fraction of sp³-hybridized carbons (Fsp3) is 0.490. The number of carbonyl (C=O) groups excluding carboxylic acids is 1. The summed E-state index contributed by atoms with van der Waals surface area (Å²) >= 11 is 1.38. The summed E-state index contributed by atoms with van der Waals surface area (Å²) in [6, 6.07) is 20.8. The van der Waals surface area contributed by atoms with E-state index >= 15 is 0 Å². The number of H-pyrrole nitrogens is 1. The summed E-state index contributed by atoms with van der Waals surface area (Å²) in [5.74, 6) is 0.184. The first-order chi connectivity index (χ1) is 32.6. The Labute approximate surface area is 402 Å². The van der Waals surface area contributed by atoms with Gasteiger partial charge in [0.15, 0.2) is 17.2 Å². The summed E-state index contributed by atoms with van der Waals surface area (Å²) in [6.07, 6.45) is 13.2. The molecule has 2 aromatic heterocycles.